The van der Waals surface area contributed by atoms with Gasteiger partial charge in [-0.15, -0.1) is 0 Å². The number of para-hydroxylation sites is 1. The van der Waals surface area contributed by atoms with Crippen molar-refractivity contribution in [2.24, 2.45) is 0 Å². The Kier molecular flexibility index (Phi) is 3.15. The number of oxazole rings is 1. The van der Waals surface area contributed by atoms with Crippen molar-refractivity contribution in [2.45, 2.75) is 0 Å². The number of carbonyl (C=O) groups is 1. The van der Waals surface area contributed by atoms with E-state index in [1.54, 1.807) is 18.2 Å². The summed E-state index contributed by atoms with van der Waals surface area (Å²) >= 11 is 3.36. The summed E-state index contributed by atoms with van der Waals surface area (Å²) in [5.74, 6) is -0.814. The maximum Gasteiger partial charge on any atom is 0.417 e. The first-order chi connectivity index (χ1) is 9.63. The van der Waals surface area contributed by atoms with Gasteiger partial charge in [-0.1, -0.05) is 12.1 Å². The quantitative estimate of drug-likeness (QED) is 0.757. The van der Waals surface area contributed by atoms with Crippen LogP contribution in [0.4, 0.5) is 5.69 Å². The van der Waals surface area contributed by atoms with Gasteiger partial charge in [-0.3, -0.25) is 9.78 Å². The lowest BCUT2D eigenvalue weighted by atomic mass is 10.2. The lowest BCUT2D eigenvalue weighted by molar-refractivity contribution is 0.102. The first kappa shape index (κ1) is 12.7. The second-order valence-corrected chi connectivity index (χ2v) is 5.01. The first-order valence-corrected chi connectivity index (χ1v) is 6.61. The number of nitrogens with one attached hydrogen (secondary N) is 2. The predicted molar refractivity (Wildman–Crippen MR) is 78.9 cm³/mol. The third-order valence-electron chi connectivity index (χ3n) is 2.81. The van der Waals surface area contributed by atoms with Gasteiger partial charge in [-0.05, 0) is 46.3 Å². The highest BCUT2D eigenvalue weighted by Gasteiger charge is 2.10. The predicted octanol–water partition coefficient (Wildman–Crippen LogP) is 3.14. The molecule has 0 saturated carbocycles. The Hall–Kier alpha value is -2.34. The molecule has 0 aliphatic rings. The van der Waals surface area contributed by atoms with Crippen molar-refractivity contribution >= 4 is 38.6 Å². The third-order valence-corrected chi connectivity index (χ3v) is 3.50. The number of anilines is 1. The van der Waals surface area contributed by atoms with Crippen LogP contribution in [0.5, 0.6) is 0 Å². The molecule has 100 valence electrons. The highest BCUT2D eigenvalue weighted by molar-refractivity contribution is 9.10. The van der Waals surface area contributed by atoms with E-state index in [4.69, 9.17) is 4.42 Å². The van der Waals surface area contributed by atoms with Gasteiger partial charge in [0.2, 0.25) is 0 Å². The third kappa shape index (κ3) is 2.37. The van der Waals surface area contributed by atoms with E-state index in [-0.39, 0.29) is 5.91 Å². The fourth-order valence-electron chi connectivity index (χ4n) is 1.84. The molecule has 1 aromatic heterocycles. The summed E-state index contributed by atoms with van der Waals surface area (Å²) in [6, 6.07) is 12.1. The molecule has 0 fully saturated rings. The lowest BCUT2D eigenvalue weighted by Crippen LogP contribution is -2.12. The molecule has 0 spiro atoms. The number of H-pyrrole nitrogens is 1. The number of carbonyl (C=O) groups excluding carboxylic acids is 1. The molecule has 0 radical (unpaired) electrons. The minimum Gasteiger partial charge on any atom is -0.408 e. The summed E-state index contributed by atoms with van der Waals surface area (Å²) in [6.07, 6.45) is 0. The van der Waals surface area contributed by atoms with E-state index < -0.39 is 5.76 Å². The summed E-state index contributed by atoms with van der Waals surface area (Å²) in [6.45, 7) is 0. The van der Waals surface area contributed by atoms with E-state index >= 15 is 0 Å². The first-order valence-electron chi connectivity index (χ1n) is 5.82. The van der Waals surface area contributed by atoms with E-state index in [2.05, 4.69) is 26.2 Å². The van der Waals surface area contributed by atoms with Crippen molar-refractivity contribution in [3.63, 3.8) is 0 Å². The molecule has 6 heteroatoms. The van der Waals surface area contributed by atoms with Crippen LogP contribution in [0, 0.1) is 0 Å². The molecule has 5 nitrogen and oxygen atoms in total. The highest BCUT2D eigenvalue weighted by atomic mass is 79.9. The molecule has 0 aliphatic carbocycles. The van der Waals surface area contributed by atoms with Gasteiger partial charge >= 0.3 is 5.76 Å². The summed E-state index contributed by atoms with van der Waals surface area (Å²) < 4.78 is 5.73. The number of aromatic amines is 1. The van der Waals surface area contributed by atoms with Crippen molar-refractivity contribution in [1.29, 1.82) is 0 Å². The maximum absolute atomic E-state index is 12.2. The Morgan fingerprint density at radius 3 is 2.80 bits per heavy atom. The molecule has 3 aromatic rings. The number of hydrogen-bond donors (Lipinski definition) is 2. The van der Waals surface area contributed by atoms with Crippen molar-refractivity contribution in [1.82, 2.24) is 4.98 Å². The van der Waals surface area contributed by atoms with Crippen LogP contribution in [-0.2, 0) is 0 Å². The molecule has 2 N–H and O–H groups in total. The minimum absolute atomic E-state index is 0.275. The Bertz CT molecular complexity index is 851. The monoisotopic (exact) mass is 332 g/mol. The Morgan fingerprint density at radius 2 is 2.00 bits per heavy atom. The average molecular weight is 333 g/mol. The molecule has 20 heavy (non-hydrogen) atoms. The van der Waals surface area contributed by atoms with E-state index in [9.17, 15) is 9.59 Å². The molecule has 0 atom stereocenters. The molecular formula is C14H9BrN2O3. The standard InChI is InChI=1S/C14H9BrN2O3/c15-9-3-1-2-4-10(9)16-13(18)8-5-6-11-12(7-8)20-14(19)17-11/h1-7H,(H,16,18)(H,17,19). The molecule has 0 aliphatic heterocycles. The minimum atomic E-state index is -0.539. The zero-order chi connectivity index (χ0) is 14.1. The average Bonchev–Trinajstić information content (AvgIpc) is 2.80. The van der Waals surface area contributed by atoms with Crippen LogP contribution in [-0.4, -0.2) is 10.9 Å². The smallest absolute Gasteiger partial charge is 0.408 e. The van der Waals surface area contributed by atoms with Crippen molar-refractivity contribution < 1.29 is 9.21 Å². The van der Waals surface area contributed by atoms with Crippen molar-refractivity contribution in [3.05, 3.63) is 63.1 Å². The number of halogens is 1. The van der Waals surface area contributed by atoms with Crippen molar-refractivity contribution in [3.8, 4) is 0 Å². The Balaban J connectivity index is 1.92. The van der Waals surface area contributed by atoms with Crippen molar-refractivity contribution in [2.75, 3.05) is 5.32 Å². The van der Waals surface area contributed by atoms with Crippen LogP contribution in [0.25, 0.3) is 11.1 Å². The van der Waals surface area contributed by atoms with Crippen LogP contribution >= 0.6 is 15.9 Å². The zero-order valence-corrected chi connectivity index (χ0v) is 11.7. The number of aromatic nitrogens is 1. The molecule has 1 heterocycles. The summed E-state index contributed by atoms with van der Waals surface area (Å²) in [5.41, 5.74) is 2.01. The van der Waals surface area contributed by atoms with Gasteiger partial charge in [-0.25, -0.2) is 4.79 Å². The number of amides is 1. The summed E-state index contributed by atoms with van der Waals surface area (Å²) in [5, 5.41) is 2.78. The van der Waals surface area contributed by atoms with E-state index in [0.29, 0.717) is 22.4 Å². The number of benzene rings is 2. The maximum atomic E-state index is 12.2. The highest BCUT2D eigenvalue weighted by Crippen LogP contribution is 2.22. The number of rotatable bonds is 2. The summed E-state index contributed by atoms with van der Waals surface area (Å²) in [4.78, 5) is 25.8. The molecule has 0 bridgehead atoms. The van der Waals surface area contributed by atoms with E-state index in [1.807, 2.05) is 18.2 Å². The van der Waals surface area contributed by atoms with Gasteiger partial charge < -0.3 is 9.73 Å². The van der Waals surface area contributed by atoms with Crippen LogP contribution < -0.4 is 11.1 Å². The van der Waals surface area contributed by atoms with Crippen LogP contribution in [0.15, 0.2) is 56.1 Å². The van der Waals surface area contributed by atoms with Gasteiger partial charge in [0.25, 0.3) is 5.91 Å². The summed E-state index contributed by atoms with van der Waals surface area (Å²) in [7, 11) is 0. The number of fused-ring (bicyclic) bond motifs is 1. The molecule has 0 unspecified atom stereocenters. The van der Waals surface area contributed by atoms with Crippen LogP contribution in [0.1, 0.15) is 10.4 Å². The zero-order valence-electron chi connectivity index (χ0n) is 10.1. The molecule has 1 amide bonds. The van der Waals surface area contributed by atoms with E-state index in [0.717, 1.165) is 4.47 Å². The number of hydrogen-bond acceptors (Lipinski definition) is 3. The van der Waals surface area contributed by atoms with Gasteiger partial charge in [0.05, 0.1) is 11.2 Å². The Morgan fingerprint density at radius 1 is 1.20 bits per heavy atom. The van der Waals surface area contributed by atoms with Gasteiger partial charge in [0.1, 0.15) is 0 Å². The lowest BCUT2D eigenvalue weighted by Gasteiger charge is -2.06. The molecule has 0 saturated heterocycles. The molecule has 3 rings (SSSR count). The molecular weight excluding hydrogens is 324 g/mol. The van der Waals surface area contributed by atoms with Gasteiger partial charge in [0.15, 0.2) is 5.58 Å². The van der Waals surface area contributed by atoms with Gasteiger partial charge in [0, 0.05) is 10.0 Å². The topological polar surface area (TPSA) is 75.1 Å². The normalized spacial score (nSPS) is 10.7. The SMILES string of the molecule is O=C(Nc1ccccc1Br)c1ccc2[nH]c(=O)oc2c1. The second-order valence-electron chi connectivity index (χ2n) is 4.16. The Labute approximate surface area is 121 Å². The fraction of sp³-hybridized carbons (Fsp3) is 0. The molecule has 2 aromatic carbocycles. The fourth-order valence-corrected chi connectivity index (χ4v) is 2.23. The van der Waals surface area contributed by atoms with Crippen LogP contribution in [0.3, 0.4) is 0 Å². The largest absolute Gasteiger partial charge is 0.417 e. The van der Waals surface area contributed by atoms with E-state index in [1.165, 1.54) is 6.07 Å². The second kappa shape index (κ2) is 4.97. The van der Waals surface area contributed by atoms with Gasteiger partial charge in [-0.2, -0.15) is 0 Å². The van der Waals surface area contributed by atoms with Crippen LogP contribution in [0.2, 0.25) is 0 Å².